The van der Waals surface area contributed by atoms with Gasteiger partial charge in [-0.05, 0) is 19.8 Å². The van der Waals surface area contributed by atoms with Crippen LogP contribution in [0.15, 0.2) is 41.7 Å². The molecule has 1 aromatic heterocycles. The molecule has 0 atom stereocenters. The number of carbonyl (C=O) groups excluding carboxylic acids is 1. The van der Waals surface area contributed by atoms with Crippen molar-refractivity contribution < 1.29 is 4.79 Å². The summed E-state index contributed by atoms with van der Waals surface area (Å²) in [7, 11) is 0. The Kier molecular flexibility index (Phi) is 4.73. The summed E-state index contributed by atoms with van der Waals surface area (Å²) in [6.07, 6.45) is 4.03. The molecule has 1 saturated heterocycles. The van der Waals surface area contributed by atoms with Gasteiger partial charge >= 0.3 is 0 Å². The Hall–Kier alpha value is -1.88. The Morgan fingerprint density at radius 2 is 1.91 bits per heavy atom. The first-order chi connectivity index (χ1) is 10.7. The van der Waals surface area contributed by atoms with Crippen molar-refractivity contribution in [2.75, 3.05) is 23.7 Å². The first-order valence-electron chi connectivity index (χ1n) is 7.52. The summed E-state index contributed by atoms with van der Waals surface area (Å²) < 4.78 is 0. The third-order valence-electron chi connectivity index (χ3n) is 3.78. The third kappa shape index (κ3) is 3.65. The van der Waals surface area contributed by atoms with E-state index in [4.69, 9.17) is 0 Å². The Balaban J connectivity index is 1.62. The van der Waals surface area contributed by atoms with E-state index in [-0.39, 0.29) is 5.78 Å². The predicted molar refractivity (Wildman–Crippen MR) is 89.7 cm³/mol. The van der Waals surface area contributed by atoms with Gasteiger partial charge in [0.25, 0.3) is 0 Å². The number of benzene rings is 1. The largest absolute Gasteiger partial charge is 0.356 e. The van der Waals surface area contributed by atoms with Crippen LogP contribution in [0.5, 0.6) is 0 Å². The maximum absolute atomic E-state index is 12.2. The molecule has 1 aliphatic rings. The van der Waals surface area contributed by atoms with Crippen molar-refractivity contribution in [2.45, 2.75) is 24.8 Å². The number of hydrogen-bond acceptors (Lipinski definition) is 5. The van der Waals surface area contributed by atoms with Gasteiger partial charge in [0.1, 0.15) is 17.2 Å². The van der Waals surface area contributed by atoms with Crippen LogP contribution < -0.4 is 4.90 Å². The molecule has 0 saturated carbocycles. The lowest BCUT2D eigenvalue weighted by Crippen LogP contribution is -2.19. The van der Waals surface area contributed by atoms with Gasteiger partial charge in [0.2, 0.25) is 0 Å². The summed E-state index contributed by atoms with van der Waals surface area (Å²) in [5, 5.41) is 0.859. The van der Waals surface area contributed by atoms with Crippen molar-refractivity contribution in [3.8, 4) is 0 Å². The fourth-order valence-electron chi connectivity index (χ4n) is 2.49. The summed E-state index contributed by atoms with van der Waals surface area (Å²) in [6.45, 7) is 4.14. The molecule has 2 heterocycles. The normalized spacial score (nSPS) is 14.3. The van der Waals surface area contributed by atoms with Crippen LogP contribution in [0.2, 0.25) is 0 Å². The Morgan fingerprint density at radius 3 is 2.64 bits per heavy atom. The topological polar surface area (TPSA) is 46.1 Å². The van der Waals surface area contributed by atoms with Crippen molar-refractivity contribution in [2.24, 2.45) is 0 Å². The van der Waals surface area contributed by atoms with Gasteiger partial charge in [-0.15, -0.1) is 0 Å². The van der Waals surface area contributed by atoms with Crippen LogP contribution in [0.25, 0.3) is 0 Å². The van der Waals surface area contributed by atoms with Crippen molar-refractivity contribution in [3.63, 3.8) is 0 Å². The van der Waals surface area contributed by atoms with Gasteiger partial charge in [-0.3, -0.25) is 4.79 Å². The number of ketones is 1. The first kappa shape index (κ1) is 15.0. The standard InChI is InChI=1S/C17H19N3OS/c1-13-4-6-14(7-5-13)15(21)11-22-17-10-16(18-12-19-17)20-8-2-3-9-20/h4-7,10,12H,2-3,8-9,11H2,1H3. The van der Waals surface area contributed by atoms with Crippen LogP contribution in [0.4, 0.5) is 5.82 Å². The molecule has 5 heteroatoms. The Bertz CT molecular complexity index is 651. The highest BCUT2D eigenvalue weighted by molar-refractivity contribution is 7.99. The Labute approximate surface area is 135 Å². The maximum atomic E-state index is 12.2. The van der Waals surface area contributed by atoms with Gasteiger partial charge in [0.05, 0.1) is 5.75 Å². The Morgan fingerprint density at radius 1 is 1.18 bits per heavy atom. The van der Waals surface area contributed by atoms with E-state index in [2.05, 4.69) is 14.9 Å². The van der Waals surface area contributed by atoms with Crippen LogP contribution in [-0.4, -0.2) is 34.6 Å². The van der Waals surface area contributed by atoms with Crippen molar-refractivity contribution >= 4 is 23.4 Å². The number of Topliss-reactive ketones (excluding diaryl/α,β-unsaturated/α-hetero) is 1. The zero-order chi connectivity index (χ0) is 15.4. The number of hydrogen-bond donors (Lipinski definition) is 0. The summed E-state index contributed by atoms with van der Waals surface area (Å²) in [5.74, 6) is 1.50. The molecule has 1 fully saturated rings. The van der Waals surface area contributed by atoms with Gasteiger partial charge in [-0.1, -0.05) is 41.6 Å². The van der Waals surface area contributed by atoms with Crippen LogP contribution in [-0.2, 0) is 0 Å². The summed E-state index contributed by atoms with van der Waals surface area (Å²) in [4.78, 5) is 23.1. The minimum Gasteiger partial charge on any atom is -0.356 e. The van der Waals surface area contributed by atoms with Gasteiger partial charge < -0.3 is 4.90 Å². The number of nitrogens with zero attached hydrogens (tertiary/aromatic N) is 3. The lowest BCUT2D eigenvalue weighted by Gasteiger charge is -2.16. The molecular formula is C17H19N3OS. The molecule has 1 aromatic carbocycles. The van der Waals surface area contributed by atoms with Crippen LogP contribution in [0.3, 0.4) is 0 Å². The van der Waals surface area contributed by atoms with E-state index in [1.807, 2.05) is 37.3 Å². The number of aromatic nitrogens is 2. The molecule has 0 N–H and O–H groups in total. The SMILES string of the molecule is Cc1ccc(C(=O)CSc2cc(N3CCCC3)ncn2)cc1. The molecular weight excluding hydrogens is 294 g/mol. The molecule has 0 aliphatic carbocycles. The van der Waals surface area contributed by atoms with E-state index in [0.717, 1.165) is 35.1 Å². The molecule has 2 aromatic rings. The van der Waals surface area contributed by atoms with Crippen molar-refractivity contribution in [3.05, 3.63) is 47.8 Å². The van der Waals surface area contributed by atoms with Gasteiger partial charge in [0.15, 0.2) is 5.78 Å². The van der Waals surface area contributed by atoms with E-state index in [1.54, 1.807) is 6.33 Å². The summed E-state index contributed by atoms with van der Waals surface area (Å²) in [6, 6.07) is 9.68. The average Bonchev–Trinajstić information content (AvgIpc) is 3.08. The smallest absolute Gasteiger partial charge is 0.173 e. The van der Waals surface area contributed by atoms with Crippen molar-refractivity contribution in [1.29, 1.82) is 0 Å². The van der Waals surface area contributed by atoms with Crippen LogP contribution >= 0.6 is 11.8 Å². The second-order valence-electron chi connectivity index (χ2n) is 5.49. The first-order valence-corrected chi connectivity index (χ1v) is 8.50. The van der Waals surface area contributed by atoms with E-state index in [1.165, 1.54) is 24.6 Å². The van der Waals surface area contributed by atoms with E-state index in [9.17, 15) is 4.79 Å². The molecule has 0 bridgehead atoms. The number of anilines is 1. The van der Waals surface area contributed by atoms with Crippen molar-refractivity contribution in [1.82, 2.24) is 9.97 Å². The monoisotopic (exact) mass is 313 g/mol. The zero-order valence-corrected chi connectivity index (χ0v) is 13.5. The highest BCUT2D eigenvalue weighted by atomic mass is 32.2. The second kappa shape index (κ2) is 6.92. The number of thioether (sulfide) groups is 1. The lowest BCUT2D eigenvalue weighted by atomic mass is 10.1. The predicted octanol–water partition coefficient (Wildman–Crippen LogP) is 3.36. The second-order valence-corrected chi connectivity index (χ2v) is 6.48. The van der Waals surface area contributed by atoms with Crippen LogP contribution in [0.1, 0.15) is 28.8 Å². The van der Waals surface area contributed by atoms with Gasteiger partial charge in [-0.2, -0.15) is 0 Å². The zero-order valence-electron chi connectivity index (χ0n) is 12.7. The fourth-order valence-corrected chi connectivity index (χ4v) is 3.25. The molecule has 0 unspecified atom stereocenters. The van der Waals surface area contributed by atoms with Gasteiger partial charge in [0, 0.05) is 24.7 Å². The van der Waals surface area contributed by atoms with E-state index in [0.29, 0.717) is 5.75 Å². The van der Waals surface area contributed by atoms with Crippen LogP contribution in [0, 0.1) is 6.92 Å². The minimum atomic E-state index is 0.131. The molecule has 1 aliphatic heterocycles. The molecule has 22 heavy (non-hydrogen) atoms. The summed E-state index contributed by atoms with van der Waals surface area (Å²) >= 11 is 1.47. The van der Waals surface area contributed by atoms with Gasteiger partial charge in [-0.25, -0.2) is 9.97 Å². The average molecular weight is 313 g/mol. The number of carbonyl (C=O) groups is 1. The maximum Gasteiger partial charge on any atom is 0.173 e. The minimum absolute atomic E-state index is 0.131. The third-order valence-corrected chi connectivity index (χ3v) is 4.71. The molecule has 4 nitrogen and oxygen atoms in total. The molecule has 3 rings (SSSR count). The van der Waals surface area contributed by atoms with E-state index >= 15 is 0 Å². The van der Waals surface area contributed by atoms with E-state index < -0.39 is 0 Å². The lowest BCUT2D eigenvalue weighted by molar-refractivity contribution is 0.102. The molecule has 0 amide bonds. The number of rotatable bonds is 5. The molecule has 0 radical (unpaired) electrons. The highest BCUT2D eigenvalue weighted by Gasteiger charge is 2.14. The molecule has 0 spiro atoms. The molecule has 114 valence electrons. The quantitative estimate of drug-likeness (QED) is 0.481. The summed E-state index contributed by atoms with van der Waals surface area (Å²) in [5.41, 5.74) is 1.92. The fraction of sp³-hybridized carbons (Fsp3) is 0.353. The highest BCUT2D eigenvalue weighted by Crippen LogP contribution is 2.23. The number of aryl methyl sites for hydroxylation is 1.